The molecule has 1 heterocycles. The van der Waals surface area contributed by atoms with Crippen molar-refractivity contribution in [2.75, 3.05) is 20.8 Å². The van der Waals surface area contributed by atoms with E-state index in [1.807, 2.05) is 13.0 Å². The van der Waals surface area contributed by atoms with Crippen LogP contribution in [0.4, 0.5) is 4.79 Å². The van der Waals surface area contributed by atoms with Gasteiger partial charge in [0.05, 0.1) is 23.1 Å². The van der Waals surface area contributed by atoms with E-state index in [9.17, 15) is 9.59 Å². The van der Waals surface area contributed by atoms with Gasteiger partial charge in [-0.25, -0.2) is 0 Å². The van der Waals surface area contributed by atoms with Crippen LogP contribution >= 0.6 is 27.7 Å². The number of halogens is 1. The third kappa shape index (κ3) is 3.24. The Kier molecular flexibility index (Phi) is 4.95. The molecule has 1 fully saturated rings. The predicted octanol–water partition coefficient (Wildman–Crippen LogP) is 3.52. The van der Waals surface area contributed by atoms with Gasteiger partial charge in [0.2, 0.25) is 0 Å². The van der Waals surface area contributed by atoms with Crippen LogP contribution in [0.3, 0.4) is 0 Å². The molecule has 2 rings (SSSR count). The molecule has 0 aromatic heterocycles. The SMILES string of the molecule is CCOc1c(Br)cc(/C=C2/SC(=O)N(C)C2=O)cc1OC. The molecule has 0 bridgehead atoms. The number of carbonyl (C=O) groups is 2. The largest absolute Gasteiger partial charge is 0.493 e. The second kappa shape index (κ2) is 6.53. The van der Waals surface area contributed by atoms with Crippen molar-refractivity contribution in [1.82, 2.24) is 4.90 Å². The summed E-state index contributed by atoms with van der Waals surface area (Å²) >= 11 is 4.35. The molecule has 7 heteroatoms. The van der Waals surface area contributed by atoms with Crippen molar-refractivity contribution in [3.05, 3.63) is 27.1 Å². The standard InChI is InChI=1S/C14H14BrNO4S/c1-4-20-12-9(15)5-8(6-10(12)19-3)7-11-13(17)16(2)14(18)21-11/h5-7H,4H2,1-3H3/b11-7+. The first-order valence-corrected chi connectivity index (χ1v) is 7.80. The molecule has 0 aliphatic carbocycles. The first-order valence-electron chi connectivity index (χ1n) is 6.19. The van der Waals surface area contributed by atoms with E-state index in [0.29, 0.717) is 23.0 Å². The summed E-state index contributed by atoms with van der Waals surface area (Å²) in [5, 5.41) is -0.275. The van der Waals surface area contributed by atoms with E-state index < -0.39 is 0 Å². The number of amides is 2. The molecule has 0 spiro atoms. The van der Waals surface area contributed by atoms with Crippen LogP contribution in [0.15, 0.2) is 21.5 Å². The zero-order valence-electron chi connectivity index (χ0n) is 11.8. The number of imide groups is 1. The highest BCUT2D eigenvalue weighted by Gasteiger charge is 2.31. The summed E-state index contributed by atoms with van der Waals surface area (Å²) in [6.07, 6.45) is 1.66. The summed E-state index contributed by atoms with van der Waals surface area (Å²) < 4.78 is 11.5. The second-order valence-corrected chi connectivity index (χ2v) is 6.06. The Hall–Kier alpha value is -1.47. The zero-order chi connectivity index (χ0) is 15.6. The fourth-order valence-electron chi connectivity index (χ4n) is 1.80. The number of likely N-dealkylation sites (N-methyl/N-ethyl adjacent to an activating group) is 1. The monoisotopic (exact) mass is 371 g/mol. The van der Waals surface area contributed by atoms with Gasteiger partial charge in [0.15, 0.2) is 11.5 Å². The van der Waals surface area contributed by atoms with Crippen LogP contribution in [0, 0.1) is 0 Å². The van der Waals surface area contributed by atoms with Gasteiger partial charge in [0, 0.05) is 7.05 Å². The summed E-state index contributed by atoms with van der Waals surface area (Å²) in [7, 11) is 3.02. The molecule has 0 N–H and O–H groups in total. The molecule has 0 saturated carbocycles. The number of thioether (sulfide) groups is 1. The number of benzene rings is 1. The van der Waals surface area contributed by atoms with E-state index in [0.717, 1.165) is 26.7 Å². The Labute approximate surface area is 135 Å². The predicted molar refractivity (Wildman–Crippen MR) is 85.6 cm³/mol. The smallest absolute Gasteiger partial charge is 0.293 e. The first-order chi connectivity index (χ1) is 9.97. The average Bonchev–Trinajstić information content (AvgIpc) is 2.69. The molecule has 1 saturated heterocycles. The van der Waals surface area contributed by atoms with Crippen LogP contribution < -0.4 is 9.47 Å². The lowest BCUT2D eigenvalue weighted by atomic mass is 10.2. The van der Waals surface area contributed by atoms with Gasteiger partial charge in [0.1, 0.15) is 0 Å². The molecule has 5 nitrogen and oxygen atoms in total. The molecular weight excluding hydrogens is 358 g/mol. The van der Waals surface area contributed by atoms with Crippen molar-refractivity contribution in [3.8, 4) is 11.5 Å². The van der Waals surface area contributed by atoms with Gasteiger partial charge in [-0.15, -0.1) is 0 Å². The summed E-state index contributed by atoms with van der Waals surface area (Å²) in [4.78, 5) is 24.8. The van der Waals surface area contributed by atoms with Crippen LogP contribution in [0.25, 0.3) is 6.08 Å². The minimum atomic E-state index is -0.297. The number of ether oxygens (including phenoxy) is 2. The average molecular weight is 372 g/mol. The molecule has 1 aromatic rings. The second-order valence-electron chi connectivity index (χ2n) is 4.21. The lowest BCUT2D eigenvalue weighted by Crippen LogP contribution is -2.22. The number of hydrogen-bond acceptors (Lipinski definition) is 5. The topological polar surface area (TPSA) is 55.8 Å². The zero-order valence-corrected chi connectivity index (χ0v) is 14.2. The Morgan fingerprint density at radius 1 is 1.38 bits per heavy atom. The molecule has 0 radical (unpaired) electrons. The van der Waals surface area contributed by atoms with E-state index in [2.05, 4.69) is 15.9 Å². The molecule has 1 aliphatic heterocycles. The molecular formula is C14H14BrNO4S. The molecule has 112 valence electrons. The van der Waals surface area contributed by atoms with Gasteiger partial charge in [-0.2, -0.15) is 0 Å². The fraction of sp³-hybridized carbons (Fsp3) is 0.286. The van der Waals surface area contributed by atoms with E-state index in [-0.39, 0.29) is 11.1 Å². The van der Waals surface area contributed by atoms with Crippen molar-refractivity contribution in [3.63, 3.8) is 0 Å². The maximum atomic E-state index is 11.9. The molecule has 2 amide bonds. The van der Waals surface area contributed by atoms with Crippen molar-refractivity contribution in [2.45, 2.75) is 6.92 Å². The number of rotatable bonds is 4. The van der Waals surface area contributed by atoms with Crippen LogP contribution in [0.2, 0.25) is 0 Å². The minimum absolute atomic E-state index is 0.275. The number of hydrogen-bond donors (Lipinski definition) is 0. The van der Waals surface area contributed by atoms with E-state index >= 15 is 0 Å². The summed E-state index contributed by atoms with van der Waals surface area (Å²) in [5.74, 6) is 0.878. The van der Waals surface area contributed by atoms with Crippen molar-refractivity contribution in [1.29, 1.82) is 0 Å². The first kappa shape index (κ1) is 15.9. The Bertz CT molecular complexity index is 630. The van der Waals surface area contributed by atoms with Gasteiger partial charge in [-0.1, -0.05) is 0 Å². The van der Waals surface area contributed by atoms with Gasteiger partial charge in [-0.3, -0.25) is 14.5 Å². The van der Waals surface area contributed by atoms with Crippen LogP contribution in [-0.4, -0.2) is 36.8 Å². The number of carbonyl (C=O) groups excluding carboxylic acids is 2. The molecule has 1 aliphatic rings. The highest BCUT2D eigenvalue weighted by atomic mass is 79.9. The summed E-state index contributed by atoms with van der Waals surface area (Å²) in [5.41, 5.74) is 0.751. The molecule has 21 heavy (non-hydrogen) atoms. The Morgan fingerprint density at radius 2 is 2.10 bits per heavy atom. The minimum Gasteiger partial charge on any atom is -0.493 e. The third-order valence-corrected chi connectivity index (χ3v) is 4.37. The maximum Gasteiger partial charge on any atom is 0.293 e. The Morgan fingerprint density at radius 3 is 2.62 bits per heavy atom. The van der Waals surface area contributed by atoms with Gasteiger partial charge in [-0.05, 0) is 58.4 Å². The van der Waals surface area contributed by atoms with Crippen molar-refractivity contribution in [2.24, 2.45) is 0 Å². The highest BCUT2D eigenvalue weighted by molar-refractivity contribution is 9.10. The Balaban J connectivity index is 2.40. The van der Waals surface area contributed by atoms with E-state index in [4.69, 9.17) is 9.47 Å². The lowest BCUT2D eigenvalue weighted by molar-refractivity contribution is -0.121. The number of nitrogens with zero attached hydrogens (tertiary/aromatic N) is 1. The van der Waals surface area contributed by atoms with Crippen LogP contribution in [0.1, 0.15) is 12.5 Å². The quantitative estimate of drug-likeness (QED) is 0.757. The van der Waals surface area contributed by atoms with Gasteiger partial charge >= 0.3 is 0 Å². The van der Waals surface area contributed by atoms with E-state index in [1.165, 1.54) is 7.05 Å². The van der Waals surface area contributed by atoms with Crippen LogP contribution in [-0.2, 0) is 4.79 Å². The molecule has 1 aromatic carbocycles. The van der Waals surface area contributed by atoms with Crippen LogP contribution in [0.5, 0.6) is 11.5 Å². The third-order valence-electron chi connectivity index (χ3n) is 2.82. The maximum absolute atomic E-state index is 11.9. The fourth-order valence-corrected chi connectivity index (χ4v) is 3.21. The molecule has 0 unspecified atom stereocenters. The van der Waals surface area contributed by atoms with Gasteiger partial charge in [0.25, 0.3) is 11.1 Å². The van der Waals surface area contributed by atoms with Crippen molar-refractivity contribution < 1.29 is 19.1 Å². The normalized spacial score (nSPS) is 16.8. The van der Waals surface area contributed by atoms with Crippen molar-refractivity contribution >= 4 is 44.9 Å². The lowest BCUT2D eigenvalue weighted by Gasteiger charge is -2.12. The molecule has 0 atom stereocenters. The summed E-state index contributed by atoms with van der Waals surface area (Å²) in [6, 6.07) is 3.58. The van der Waals surface area contributed by atoms with Gasteiger partial charge < -0.3 is 9.47 Å². The highest BCUT2D eigenvalue weighted by Crippen LogP contribution is 2.38. The van der Waals surface area contributed by atoms with E-state index in [1.54, 1.807) is 19.3 Å². The summed E-state index contributed by atoms with van der Waals surface area (Å²) in [6.45, 7) is 2.40. The number of methoxy groups -OCH3 is 1.